The van der Waals surface area contributed by atoms with E-state index in [2.05, 4.69) is 20.8 Å². The molecule has 1 N–H and O–H groups in total. The topological polar surface area (TPSA) is 65.0 Å². The number of aliphatic hydroxyl groups is 1. The molecule has 1 heterocycles. The van der Waals surface area contributed by atoms with Gasteiger partial charge in [-0.3, -0.25) is 0 Å². The Hall–Kier alpha value is -1.46. The Labute approximate surface area is 146 Å². The van der Waals surface area contributed by atoms with Gasteiger partial charge in [0.05, 0.1) is 12.1 Å². The summed E-state index contributed by atoms with van der Waals surface area (Å²) in [6, 6.07) is 3.63. The van der Waals surface area contributed by atoms with Gasteiger partial charge in [-0.2, -0.15) is 0 Å². The number of rotatable bonds is 1. The normalized spacial score (nSPS) is 28.9. The average molecular weight is 355 g/mol. The van der Waals surface area contributed by atoms with E-state index in [0.29, 0.717) is 17.2 Å². The Bertz CT molecular complexity index is 681. The molecule has 0 radical (unpaired) electrons. The van der Waals surface area contributed by atoms with Gasteiger partial charge in [0.2, 0.25) is 0 Å². The molecular weight excluding hydrogens is 332 g/mol. The van der Waals surface area contributed by atoms with Crippen LogP contribution >= 0.6 is 11.6 Å². The number of benzene rings is 1. The van der Waals surface area contributed by atoms with Crippen LogP contribution in [0.15, 0.2) is 12.1 Å². The van der Waals surface area contributed by atoms with Gasteiger partial charge in [-0.05, 0) is 36.0 Å². The Morgan fingerprint density at radius 3 is 2.54 bits per heavy atom. The number of esters is 1. The largest absolute Gasteiger partial charge is 0.466 e. The maximum Gasteiger partial charge on any atom is 0.357 e. The van der Waals surface area contributed by atoms with Gasteiger partial charge in [-0.1, -0.05) is 32.4 Å². The number of hydrogen-bond acceptors (Lipinski definition) is 5. The third kappa shape index (κ3) is 2.45. The van der Waals surface area contributed by atoms with E-state index >= 15 is 0 Å². The Morgan fingerprint density at radius 2 is 1.92 bits per heavy atom. The Balaban J connectivity index is 2.16. The van der Waals surface area contributed by atoms with Crippen LogP contribution < -0.4 is 9.47 Å². The summed E-state index contributed by atoms with van der Waals surface area (Å²) in [5, 5.41) is 11.4. The van der Waals surface area contributed by atoms with Crippen molar-refractivity contribution in [2.75, 3.05) is 7.11 Å². The number of hydrogen-bond donors (Lipinski definition) is 1. The molecule has 3 rings (SSSR count). The number of fused-ring (bicyclic) bond motifs is 2. The van der Waals surface area contributed by atoms with Crippen LogP contribution in [0.4, 0.5) is 0 Å². The van der Waals surface area contributed by atoms with Crippen molar-refractivity contribution in [1.82, 2.24) is 0 Å². The van der Waals surface area contributed by atoms with Gasteiger partial charge >= 0.3 is 5.97 Å². The molecule has 0 saturated heterocycles. The van der Waals surface area contributed by atoms with E-state index in [-0.39, 0.29) is 17.6 Å². The summed E-state index contributed by atoms with van der Waals surface area (Å²) in [7, 11) is 1.28. The van der Waals surface area contributed by atoms with Gasteiger partial charge in [0.1, 0.15) is 0 Å². The fourth-order valence-electron chi connectivity index (χ4n) is 3.40. The maximum absolute atomic E-state index is 12.5. The number of methoxy groups -OCH3 is 1. The molecule has 1 aromatic rings. The first kappa shape index (κ1) is 17.4. The van der Waals surface area contributed by atoms with E-state index in [1.54, 1.807) is 6.07 Å². The lowest BCUT2D eigenvalue weighted by molar-refractivity contribution is -0.277. The fourth-order valence-corrected chi connectivity index (χ4v) is 3.65. The second-order valence-electron chi connectivity index (χ2n) is 7.55. The van der Waals surface area contributed by atoms with E-state index < -0.39 is 17.4 Å². The van der Waals surface area contributed by atoms with Crippen LogP contribution in [0.1, 0.15) is 52.0 Å². The van der Waals surface area contributed by atoms with E-state index in [4.69, 9.17) is 25.8 Å². The Kier molecular flexibility index (Phi) is 4.00. The molecule has 1 saturated carbocycles. The average Bonchev–Trinajstić information content (AvgIpc) is 2.51. The van der Waals surface area contributed by atoms with Crippen LogP contribution in [0.5, 0.6) is 11.5 Å². The summed E-state index contributed by atoms with van der Waals surface area (Å²) in [6.45, 7) is 6.17. The minimum atomic E-state index is -1.78. The van der Waals surface area contributed by atoms with Crippen LogP contribution in [-0.4, -0.2) is 29.6 Å². The van der Waals surface area contributed by atoms with Crippen LogP contribution in [0.25, 0.3) is 0 Å². The zero-order chi connectivity index (χ0) is 17.8. The number of carbonyl (C=O) groups excluding carboxylic acids is 1. The van der Waals surface area contributed by atoms with Crippen molar-refractivity contribution in [3.8, 4) is 11.5 Å². The third-order valence-corrected chi connectivity index (χ3v) is 5.15. The molecule has 2 atom stereocenters. The van der Waals surface area contributed by atoms with Gasteiger partial charge in [-0.15, -0.1) is 0 Å². The van der Waals surface area contributed by atoms with Gasteiger partial charge in [0.15, 0.2) is 11.5 Å². The van der Waals surface area contributed by atoms with Crippen molar-refractivity contribution in [2.45, 2.75) is 63.3 Å². The second-order valence-corrected chi connectivity index (χ2v) is 7.96. The quantitative estimate of drug-likeness (QED) is 0.781. The molecule has 24 heavy (non-hydrogen) atoms. The molecule has 0 unspecified atom stereocenters. The fraction of sp³-hybridized carbons (Fsp3) is 0.611. The summed E-state index contributed by atoms with van der Waals surface area (Å²) in [6.07, 6.45) is 2.07. The molecule has 0 bridgehead atoms. The van der Waals surface area contributed by atoms with Crippen molar-refractivity contribution < 1.29 is 24.1 Å². The lowest BCUT2D eigenvalue weighted by Gasteiger charge is -2.50. The molecule has 0 amide bonds. The molecule has 1 aliphatic carbocycles. The highest BCUT2D eigenvalue weighted by molar-refractivity contribution is 6.32. The molecule has 1 aliphatic heterocycles. The van der Waals surface area contributed by atoms with Gasteiger partial charge in [0, 0.05) is 12.8 Å². The highest BCUT2D eigenvalue weighted by Gasteiger charge is 2.65. The van der Waals surface area contributed by atoms with Gasteiger partial charge in [0.25, 0.3) is 11.4 Å². The monoisotopic (exact) mass is 354 g/mol. The molecule has 1 fully saturated rings. The highest BCUT2D eigenvalue weighted by Crippen LogP contribution is 2.52. The van der Waals surface area contributed by atoms with Crippen molar-refractivity contribution in [1.29, 1.82) is 0 Å². The Morgan fingerprint density at radius 1 is 1.25 bits per heavy atom. The SMILES string of the molecule is COC(=O)[C@@]12CCCC[C@]1(O)Oc1c(Cl)cc(C(C)(C)C)cc1O2. The van der Waals surface area contributed by atoms with Crippen LogP contribution in [0, 0.1) is 0 Å². The summed E-state index contributed by atoms with van der Waals surface area (Å²) in [5.74, 6) is -1.77. The first-order chi connectivity index (χ1) is 11.1. The molecule has 5 nitrogen and oxygen atoms in total. The molecule has 6 heteroatoms. The minimum Gasteiger partial charge on any atom is -0.466 e. The van der Waals surface area contributed by atoms with Crippen molar-refractivity contribution >= 4 is 17.6 Å². The zero-order valence-electron chi connectivity index (χ0n) is 14.4. The van der Waals surface area contributed by atoms with Crippen molar-refractivity contribution in [3.63, 3.8) is 0 Å². The standard InChI is InChI=1S/C18H23ClO5/c1-16(2,3)11-9-12(19)14-13(10-11)23-17(15(20)22-4)7-5-6-8-18(17,21)24-14/h9-10,21H,5-8H2,1-4H3/t17-,18-/m0/s1. The summed E-state index contributed by atoms with van der Waals surface area (Å²) in [4.78, 5) is 12.5. The van der Waals surface area contributed by atoms with E-state index in [1.807, 2.05) is 6.07 Å². The third-order valence-electron chi connectivity index (χ3n) is 4.87. The summed E-state index contributed by atoms with van der Waals surface area (Å²) in [5.41, 5.74) is -0.760. The minimum absolute atomic E-state index is 0.152. The van der Waals surface area contributed by atoms with Crippen LogP contribution in [0.3, 0.4) is 0 Å². The van der Waals surface area contributed by atoms with E-state index in [1.165, 1.54) is 7.11 Å². The van der Waals surface area contributed by atoms with E-state index in [0.717, 1.165) is 18.4 Å². The second kappa shape index (κ2) is 5.53. The first-order valence-electron chi connectivity index (χ1n) is 8.16. The lowest BCUT2D eigenvalue weighted by atomic mass is 9.77. The van der Waals surface area contributed by atoms with Gasteiger partial charge in [-0.25, -0.2) is 4.79 Å². The molecule has 132 valence electrons. The van der Waals surface area contributed by atoms with Crippen LogP contribution in [0.2, 0.25) is 5.02 Å². The first-order valence-corrected chi connectivity index (χ1v) is 8.54. The predicted octanol–water partition coefficient (Wildman–Crippen LogP) is 3.58. The summed E-state index contributed by atoms with van der Waals surface area (Å²) < 4.78 is 16.8. The van der Waals surface area contributed by atoms with Crippen molar-refractivity contribution in [2.24, 2.45) is 0 Å². The smallest absolute Gasteiger partial charge is 0.357 e. The predicted molar refractivity (Wildman–Crippen MR) is 89.6 cm³/mol. The van der Waals surface area contributed by atoms with Crippen LogP contribution in [-0.2, 0) is 14.9 Å². The molecule has 1 aromatic carbocycles. The van der Waals surface area contributed by atoms with E-state index in [9.17, 15) is 9.90 Å². The van der Waals surface area contributed by atoms with Crippen molar-refractivity contribution in [3.05, 3.63) is 22.7 Å². The number of halogens is 1. The molecule has 0 aromatic heterocycles. The highest BCUT2D eigenvalue weighted by atomic mass is 35.5. The summed E-state index contributed by atoms with van der Waals surface area (Å²) >= 11 is 6.37. The zero-order valence-corrected chi connectivity index (χ0v) is 15.2. The van der Waals surface area contributed by atoms with Gasteiger partial charge < -0.3 is 19.3 Å². The molecular formula is C18H23ClO5. The number of carbonyl (C=O) groups is 1. The molecule has 0 spiro atoms. The lowest BCUT2D eigenvalue weighted by Crippen LogP contribution is -2.69. The molecule has 2 aliphatic rings. The number of ether oxygens (including phenoxy) is 3. The maximum atomic E-state index is 12.5.